The zero-order valence-electron chi connectivity index (χ0n) is 8.97. The SMILES string of the molecule is N#Cc1ccc(/C=C/c2ccc(Br)cn2)cc1. The molecule has 0 spiro atoms. The standard InChI is InChI=1S/C14H9BrN2/c15-13-6-8-14(17-10-13)7-5-11-1-3-12(9-16)4-2-11/h1-8,10H/b7-5+. The summed E-state index contributed by atoms with van der Waals surface area (Å²) in [7, 11) is 0. The van der Waals surface area contributed by atoms with Crippen LogP contribution in [0.2, 0.25) is 0 Å². The highest BCUT2D eigenvalue weighted by molar-refractivity contribution is 9.10. The molecule has 1 aromatic heterocycles. The summed E-state index contributed by atoms with van der Waals surface area (Å²) >= 11 is 3.34. The highest BCUT2D eigenvalue weighted by Gasteiger charge is 1.91. The first-order valence-corrected chi connectivity index (χ1v) is 5.87. The summed E-state index contributed by atoms with van der Waals surface area (Å²) in [5.74, 6) is 0. The quantitative estimate of drug-likeness (QED) is 0.839. The van der Waals surface area contributed by atoms with E-state index in [1.807, 2.05) is 36.4 Å². The van der Waals surface area contributed by atoms with Gasteiger partial charge in [-0.2, -0.15) is 5.26 Å². The van der Waals surface area contributed by atoms with Crippen LogP contribution in [0.5, 0.6) is 0 Å². The Kier molecular flexibility index (Phi) is 3.69. The third-order valence-corrected chi connectivity index (χ3v) is 2.71. The van der Waals surface area contributed by atoms with Gasteiger partial charge in [0.1, 0.15) is 0 Å². The Morgan fingerprint density at radius 3 is 2.41 bits per heavy atom. The first kappa shape index (κ1) is 11.6. The lowest BCUT2D eigenvalue weighted by Crippen LogP contribution is -1.79. The number of benzene rings is 1. The molecule has 0 saturated carbocycles. The number of pyridine rings is 1. The summed E-state index contributed by atoms with van der Waals surface area (Å²) in [4.78, 5) is 4.24. The Hall–Kier alpha value is -1.92. The molecule has 17 heavy (non-hydrogen) atoms. The Morgan fingerprint density at radius 2 is 1.82 bits per heavy atom. The molecule has 0 atom stereocenters. The van der Waals surface area contributed by atoms with E-state index in [2.05, 4.69) is 27.0 Å². The van der Waals surface area contributed by atoms with Gasteiger partial charge >= 0.3 is 0 Å². The lowest BCUT2D eigenvalue weighted by molar-refractivity contribution is 1.28. The zero-order chi connectivity index (χ0) is 12.1. The van der Waals surface area contributed by atoms with Gasteiger partial charge in [-0.05, 0) is 51.8 Å². The molecule has 3 heteroatoms. The van der Waals surface area contributed by atoms with E-state index in [1.54, 1.807) is 18.3 Å². The van der Waals surface area contributed by atoms with Gasteiger partial charge in [0.2, 0.25) is 0 Å². The van der Waals surface area contributed by atoms with Gasteiger partial charge in [0, 0.05) is 10.7 Å². The number of hydrogen-bond acceptors (Lipinski definition) is 2. The summed E-state index contributed by atoms with van der Waals surface area (Å²) < 4.78 is 0.966. The molecule has 1 aromatic carbocycles. The van der Waals surface area contributed by atoms with Crippen molar-refractivity contribution in [2.75, 3.05) is 0 Å². The van der Waals surface area contributed by atoms with E-state index in [-0.39, 0.29) is 0 Å². The lowest BCUT2D eigenvalue weighted by atomic mass is 10.1. The predicted octanol–water partition coefficient (Wildman–Crippen LogP) is 3.89. The van der Waals surface area contributed by atoms with Crippen molar-refractivity contribution in [1.82, 2.24) is 4.98 Å². The molecule has 0 N–H and O–H groups in total. The van der Waals surface area contributed by atoms with Crippen molar-refractivity contribution in [1.29, 1.82) is 5.26 Å². The van der Waals surface area contributed by atoms with Crippen LogP contribution in [-0.4, -0.2) is 4.98 Å². The van der Waals surface area contributed by atoms with Gasteiger partial charge in [0.05, 0.1) is 17.3 Å². The van der Waals surface area contributed by atoms with Gasteiger partial charge in [-0.25, -0.2) is 0 Å². The molecular weight excluding hydrogens is 276 g/mol. The van der Waals surface area contributed by atoms with Crippen molar-refractivity contribution in [3.63, 3.8) is 0 Å². The summed E-state index contributed by atoms with van der Waals surface area (Å²) in [5, 5.41) is 8.68. The monoisotopic (exact) mass is 284 g/mol. The maximum atomic E-state index is 8.68. The van der Waals surface area contributed by atoms with Gasteiger partial charge < -0.3 is 0 Å². The Morgan fingerprint density at radius 1 is 1.06 bits per heavy atom. The molecule has 2 aromatic rings. The van der Waals surface area contributed by atoms with Crippen LogP contribution >= 0.6 is 15.9 Å². The van der Waals surface area contributed by atoms with Crippen LogP contribution in [0.15, 0.2) is 47.1 Å². The lowest BCUT2D eigenvalue weighted by Gasteiger charge is -1.95. The third kappa shape index (κ3) is 3.27. The Labute approximate surface area is 108 Å². The van der Waals surface area contributed by atoms with Crippen molar-refractivity contribution < 1.29 is 0 Å². The average Bonchev–Trinajstić information content (AvgIpc) is 2.39. The predicted molar refractivity (Wildman–Crippen MR) is 72.0 cm³/mol. The molecule has 0 saturated heterocycles. The fraction of sp³-hybridized carbons (Fsp3) is 0. The molecule has 82 valence electrons. The molecule has 1 heterocycles. The van der Waals surface area contributed by atoms with Gasteiger partial charge in [-0.1, -0.05) is 18.2 Å². The first-order valence-electron chi connectivity index (χ1n) is 5.08. The van der Waals surface area contributed by atoms with Crippen LogP contribution in [0.4, 0.5) is 0 Å². The van der Waals surface area contributed by atoms with Crippen LogP contribution in [0.1, 0.15) is 16.8 Å². The number of aromatic nitrogens is 1. The van der Waals surface area contributed by atoms with Gasteiger partial charge in [-0.3, -0.25) is 4.98 Å². The second-order valence-corrected chi connectivity index (χ2v) is 4.38. The molecule has 0 aliphatic heterocycles. The van der Waals surface area contributed by atoms with E-state index in [0.717, 1.165) is 15.7 Å². The van der Waals surface area contributed by atoms with E-state index in [9.17, 15) is 0 Å². The fourth-order valence-electron chi connectivity index (χ4n) is 1.34. The van der Waals surface area contributed by atoms with Crippen molar-refractivity contribution in [2.24, 2.45) is 0 Å². The van der Waals surface area contributed by atoms with Crippen molar-refractivity contribution >= 4 is 28.1 Å². The van der Waals surface area contributed by atoms with Crippen LogP contribution in [0.25, 0.3) is 12.2 Å². The maximum Gasteiger partial charge on any atom is 0.0991 e. The highest BCUT2D eigenvalue weighted by Crippen LogP contribution is 2.11. The van der Waals surface area contributed by atoms with Crippen LogP contribution in [0.3, 0.4) is 0 Å². The van der Waals surface area contributed by atoms with Crippen molar-refractivity contribution in [2.45, 2.75) is 0 Å². The van der Waals surface area contributed by atoms with E-state index < -0.39 is 0 Å². The van der Waals surface area contributed by atoms with Crippen LogP contribution < -0.4 is 0 Å². The second kappa shape index (κ2) is 5.42. The molecule has 0 amide bonds. The third-order valence-electron chi connectivity index (χ3n) is 2.24. The average molecular weight is 285 g/mol. The molecule has 0 aliphatic carbocycles. The number of halogens is 1. The smallest absolute Gasteiger partial charge is 0.0991 e. The second-order valence-electron chi connectivity index (χ2n) is 3.47. The molecule has 0 fully saturated rings. The van der Waals surface area contributed by atoms with E-state index in [1.165, 1.54) is 0 Å². The number of hydrogen-bond donors (Lipinski definition) is 0. The van der Waals surface area contributed by atoms with Crippen molar-refractivity contribution in [3.05, 3.63) is 63.9 Å². The Balaban J connectivity index is 2.14. The normalized spacial score (nSPS) is 10.4. The molecule has 0 unspecified atom stereocenters. The summed E-state index contributed by atoms with van der Waals surface area (Å²) in [6, 6.07) is 13.4. The topological polar surface area (TPSA) is 36.7 Å². The summed E-state index contributed by atoms with van der Waals surface area (Å²) in [6.45, 7) is 0. The minimum absolute atomic E-state index is 0.670. The van der Waals surface area contributed by atoms with Gasteiger partial charge in [0.25, 0.3) is 0 Å². The minimum atomic E-state index is 0.670. The first-order chi connectivity index (χ1) is 8.28. The number of nitrogens with zero attached hydrogens (tertiary/aromatic N) is 2. The Bertz CT molecular complexity index is 563. The van der Waals surface area contributed by atoms with Crippen LogP contribution in [-0.2, 0) is 0 Å². The molecule has 0 aliphatic rings. The van der Waals surface area contributed by atoms with E-state index in [0.29, 0.717) is 5.56 Å². The fourth-order valence-corrected chi connectivity index (χ4v) is 1.57. The molecular formula is C14H9BrN2. The highest BCUT2D eigenvalue weighted by atomic mass is 79.9. The minimum Gasteiger partial charge on any atom is -0.256 e. The molecule has 2 nitrogen and oxygen atoms in total. The summed E-state index contributed by atoms with van der Waals surface area (Å²) in [6.07, 6.45) is 5.67. The largest absolute Gasteiger partial charge is 0.256 e. The number of nitriles is 1. The zero-order valence-corrected chi connectivity index (χ0v) is 10.6. The van der Waals surface area contributed by atoms with Gasteiger partial charge in [0.15, 0.2) is 0 Å². The van der Waals surface area contributed by atoms with Gasteiger partial charge in [-0.15, -0.1) is 0 Å². The molecule has 0 bridgehead atoms. The summed E-state index contributed by atoms with van der Waals surface area (Å²) in [5.41, 5.74) is 2.62. The van der Waals surface area contributed by atoms with Crippen LogP contribution in [0, 0.1) is 11.3 Å². The van der Waals surface area contributed by atoms with Crippen molar-refractivity contribution in [3.8, 4) is 6.07 Å². The maximum absolute atomic E-state index is 8.68. The molecule has 0 radical (unpaired) electrons. The van der Waals surface area contributed by atoms with E-state index in [4.69, 9.17) is 5.26 Å². The number of rotatable bonds is 2. The van der Waals surface area contributed by atoms with E-state index >= 15 is 0 Å². The molecule has 2 rings (SSSR count).